The predicted octanol–water partition coefficient (Wildman–Crippen LogP) is 4.71. The van der Waals surface area contributed by atoms with Crippen molar-refractivity contribution >= 4 is 33.7 Å². The van der Waals surface area contributed by atoms with Gasteiger partial charge < -0.3 is 9.47 Å². The minimum absolute atomic E-state index is 0.139. The molecule has 0 heterocycles. The summed E-state index contributed by atoms with van der Waals surface area (Å²) in [6.07, 6.45) is 1.44. The molecule has 0 fully saturated rings. The molecule has 158 valence electrons. The maximum Gasteiger partial charge on any atom is 0.271 e. The fourth-order valence-electron chi connectivity index (χ4n) is 2.62. The molecule has 3 aromatic carbocycles. The predicted molar refractivity (Wildman–Crippen MR) is 120 cm³/mol. The normalized spacial score (nSPS) is 10.6. The Hall–Kier alpha value is -3.72. The summed E-state index contributed by atoms with van der Waals surface area (Å²) in [4.78, 5) is 22.4. The van der Waals surface area contributed by atoms with Gasteiger partial charge in [-0.25, -0.2) is 5.43 Å². The topological polar surface area (TPSA) is 103 Å². The Balaban J connectivity index is 1.63. The molecule has 31 heavy (non-hydrogen) atoms. The molecule has 3 aromatic rings. The van der Waals surface area contributed by atoms with Crippen molar-refractivity contribution < 1.29 is 19.2 Å². The van der Waals surface area contributed by atoms with Gasteiger partial charge in [-0.3, -0.25) is 14.9 Å². The van der Waals surface area contributed by atoms with Gasteiger partial charge in [0.15, 0.2) is 11.5 Å². The minimum atomic E-state index is -0.563. The second-order valence-corrected chi connectivity index (χ2v) is 7.25. The average molecular weight is 484 g/mol. The SMILES string of the molecule is COc1cc(/C=N/NC(=O)c2cccc([N+](=O)[O-])c2)ccc1OCc1ccc(Br)cc1. The molecule has 0 saturated carbocycles. The van der Waals surface area contributed by atoms with Crippen LogP contribution in [0.1, 0.15) is 21.5 Å². The molecule has 1 N–H and O–H groups in total. The number of nitro benzene ring substituents is 1. The van der Waals surface area contributed by atoms with Gasteiger partial charge in [0.05, 0.1) is 18.2 Å². The zero-order valence-corrected chi connectivity index (χ0v) is 18.0. The fourth-order valence-corrected chi connectivity index (χ4v) is 2.88. The number of ether oxygens (including phenoxy) is 2. The van der Waals surface area contributed by atoms with Gasteiger partial charge >= 0.3 is 0 Å². The van der Waals surface area contributed by atoms with Gasteiger partial charge in [0, 0.05) is 22.2 Å². The van der Waals surface area contributed by atoms with Crippen LogP contribution in [0.5, 0.6) is 11.5 Å². The van der Waals surface area contributed by atoms with Crippen molar-refractivity contribution in [3.8, 4) is 11.5 Å². The number of non-ortho nitro benzene ring substituents is 1. The lowest BCUT2D eigenvalue weighted by atomic mass is 10.2. The number of benzene rings is 3. The zero-order valence-electron chi connectivity index (χ0n) is 16.4. The van der Waals surface area contributed by atoms with Crippen molar-refractivity contribution in [1.82, 2.24) is 5.43 Å². The number of hydrazone groups is 1. The molecule has 0 bridgehead atoms. The van der Waals surface area contributed by atoms with E-state index in [0.29, 0.717) is 23.7 Å². The van der Waals surface area contributed by atoms with E-state index in [-0.39, 0.29) is 11.3 Å². The Kier molecular flexibility index (Phi) is 7.34. The van der Waals surface area contributed by atoms with E-state index in [0.717, 1.165) is 10.0 Å². The molecule has 3 rings (SSSR count). The van der Waals surface area contributed by atoms with E-state index in [1.54, 1.807) is 18.2 Å². The standard InChI is InChI=1S/C22H18BrN3O5/c1-30-21-11-16(7-10-20(21)31-14-15-5-8-18(23)9-6-15)13-24-25-22(27)17-3-2-4-19(12-17)26(28)29/h2-13H,14H2,1H3,(H,25,27)/b24-13+. The van der Waals surface area contributed by atoms with E-state index in [1.165, 1.54) is 37.6 Å². The summed E-state index contributed by atoms with van der Waals surface area (Å²) in [5.41, 5.74) is 4.01. The first-order chi connectivity index (χ1) is 15.0. The largest absolute Gasteiger partial charge is 0.493 e. The van der Waals surface area contributed by atoms with Crippen LogP contribution in [0, 0.1) is 10.1 Å². The highest BCUT2D eigenvalue weighted by Gasteiger charge is 2.11. The molecule has 8 nitrogen and oxygen atoms in total. The number of rotatable bonds is 8. The third kappa shape index (κ3) is 6.13. The van der Waals surface area contributed by atoms with Crippen molar-refractivity contribution in [3.63, 3.8) is 0 Å². The Morgan fingerprint density at radius 2 is 1.90 bits per heavy atom. The lowest BCUT2D eigenvalue weighted by molar-refractivity contribution is -0.384. The summed E-state index contributed by atoms with van der Waals surface area (Å²) < 4.78 is 12.2. The quantitative estimate of drug-likeness (QED) is 0.284. The van der Waals surface area contributed by atoms with E-state index in [1.807, 2.05) is 24.3 Å². The van der Waals surface area contributed by atoms with Gasteiger partial charge in [-0.05, 0) is 47.5 Å². The summed E-state index contributed by atoms with van der Waals surface area (Å²) in [6.45, 7) is 0.385. The molecular formula is C22H18BrN3O5. The first kappa shape index (κ1) is 22.0. The van der Waals surface area contributed by atoms with Crippen molar-refractivity contribution in [2.75, 3.05) is 7.11 Å². The number of amides is 1. The highest BCUT2D eigenvalue weighted by Crippen LogP contribution is 2.28. The number of nitro groups is 1. The average Bonchev–Trinajstić information content (AvgIpc) is 2.79. The summed E-state index contributed by atoms with van der Waals surface area (Å²) in [5.74, 6) is 0.538. The van der Waals surface area contributed by atoms with Gasteiger partial charge in [-0.2, -0.15) is 5.10 Å². The number of carbonyl (C=O) groups excluding carboxylic acids is 1. The second-order valence-electron chi connectivity index (χ2n) is 6.33. The van der Waals surface area contributed by atoms with Crippen LogP contribution in [0.2, 0.25) is 0 Å². The molecule has 0 aliphatic heterocycles. The summed E-state index contributed by atoms with van der Waals surface area (Å²) in [6, 6.07) is 18.5. The molecule has 0 unspecified atom stereocenters. The number of hydrogen-bond donors (Lipinski definition) is 1. The van der Waals surface area contributed by atoms with Gasteiger partial charge in [0.1, 0.15) is 6.61 Å². The third-order valence-corrected chi connectivity index (χ3v) is 4.72. The van der Waals surface area contributed by atoms with E-state index < -0.39 is 10.8 Å². The first-order valence-corrected chi connectivity index (χ1v) is 9.88. The van der Waals surface area contributed by atoms with Gasteiger partial charge in [0.2, 0.25) is 0 Å². The highest BCUT2D eigenvalue weighted by molar-refractivity contribution is 9.10. The Labute approximate surface area is 186 Å². The van der Waals surface area contributed by atoms with Gasteiger partial charge in [0.25, 0.3) is 11.6 Å². The van der Waals surface area contributed by atoms with E-state index in [2.05, 4.69) is 26.5 Å². The van der Waals surface area contributed by atoms with Crippen LogP contribution in [0.15, 0.2) is 76.3 Å². The van der Waals surface area contributed by atoms with E-state index >= 15 is 0 Å². The second kappa shape index (κ2) is 10.4. The van der Waals surface area contributed by atoms with Crippen LogP contribution < -0.4 is 14.9 Å². The summed E-state index contributed by atoms with van der Waals surface area (Å²) in [7, 11) is 1.53. The molecule has 0 radical (unpaired) electrons. The highest BCUT2D eigenvalue weighted by atomic mass is 79.9. The first-order valence-electron chi connectivity index (χ1n) is 9.09. The lowest BCUT2D eigenvalue weighted by Crippen LogP contribution is -2.17. The van der Waals surface area contributed by atoms with Gasteiger partial charge in [-0.1, -0.05) is 34.1 Å². The number of halogens is 1. The number of carbonyl (C=O) groups is 1. The molecule has 0 aromatic heterocycles. The van der Waals surface area contributed by atoms with Gasteiger partial charge in [-0.15, -0.1) is 0 Å². The monoisotopic (exact) mass is 483 g/mol. The van der Waals surface area contributed by atoms with Crippen LogP contribution in [-0.2, 0) is 6.61 Å². The molecule has 0 aliphatic rings. The third-order valence-electron chi connectivity index (χ3n) is 4.19. The molecular weight excluding hydrogens is 466 g/mol. The minimum Gasteiger partial charge on any atom is -0.493 e. The smallest absolute Gasteiger partial charge is 0.271 e. The number of nitrogens with zero attached hydrogens (tertiary/aromatic N) is 2. The molecule has 9 heteroatoms. The summed E-state index contributed by atoms with van der Waals surface area (Å²) in [5, 5.41) is 14.7. The number of methoxy groups -OCH3 is 1. The molecule has 1 amide bonds. The molecule has 0 aliphatic carbocycles. The number of hydrogen-bond acceptors (Lipinski definition) is 6. The molecule has 0 spiro atoms. The number of nitrogens with one attached hydrogen (secondary N) is 1. The van der Waals surface area contributed by atoms with Crippen LogP contribution >= 0.6 is 15.9 Å². The summed E-state index contributed by atoms with van der Waals surface area (Å²) >= 11 is 3.40. The zero-order chi connectivity index (χ0) is 22.2. The Morgan fingerprint density at radius 1 is 1.13 bits per heavy atom. The Morgan fingerprint density at radius 3 is 2.61 bits per heavy atom. The van der Waals surface area contributed by atoms with E-state index in [9.17, 15) is 14.9 Å². The van der Waals surface area contributed by atoms with Crippen molar-refractivity contribution in [2.24, 2.45) is 5.10 Å². The van der Waals surface area contributed by atoms with Crippen molar-refractivity contribution in [1.29, 1.82) is 0 Å². The fraction of sp³-hybridized carbons (Fsp3) is 0.0909. The van der Waals surface area contributed by atoms with Crippen LogP contribution in [0.3, 0.4) is 0 Å². The molecule has 0 atom stereocenters. The Bertz CT molecular complexity index is 1120. The van der Waals surface area contributed by atoms with Crippen LogP contribution in [-0.4, -0.2) is 24.2 Å². The maximum absolute atomic E-state index is 12.1. The lowest BCUT2D eigenvalue weighted by Gasteiger charge is -2.11. The van der Waals surface area contributed by atoms with Crippen LogP contribution in [0.4, 0.5) is 5.69 Å². The maximum atomic E-state index is 12.1. The van der Waals surface area contributed by atoms with Crippen molar-refractivity contribution in [3.05, 3.63) is 98.0 Å². The molecule has 0 saturated heterocycles. The van der Waals surface area contributed by atoms with Crippen LogP contribution in [0.25, 0.3) is 0 Å². The van der Waals surface area contributed by atoms with Crippen molar-refractivity contribution in [2.45, 2.75) is 6.61 Å². The van der Waals surface area contributed by atoms with E-state index in [4.69, 9.17) is 9.47 Å².